The van der Waals surface area contributed by atoms with Crippen molar-refractivity contribution in [3.05, 3.63) is 83.6 Å². The third-order valence-electron chi connectivity index (χ3n) is 14.2. The Balaban J connectivity index is 1.10. The Morgan fingerprint density at radius 3 is 1.74 bits per heavy atom. The van der Waals surface area contributed by atoms with Crippen LogP contribution in [0.5, 0.6) is 0 Å². The minimum atomic E-state index is -4.62. The highest BCUT2D eigenvalue weighted by Crippen LogP contribution is 2.48. The average Bonchev–Trinajstić information content (AvgIpc) is 3.91. The molecule has 0 bridgehead atoms. The van der Waals surface area contributed by atoms with Crippen molar-refractivity contribution in [2.75, 3.05) is 31.6 Å². The lowest BCUT2D eigenvalue weighted by atomic mass is 9.81. The molecule has 2 atom stereocenters. The smallest absolute Gasteiger partial charge is 0.326 e. The number of anilines is 1. The van der Waals surface area contributed by atoms with Gasteiger partial charge in [0.2, 0.25) is 17.5 Å². The molecule has 23 heteroatoms. The summed E-state index contributed by atoms with van der Waals surface area (Å²) in [4.78, 5) is 72.4. The van der Waals surface area contributed by atoms with E-state index >= 15 is 0 Å². The summed E-state index contributed by atoms with van der Waals surface area (Å²) in [5.74, 6) is -4.10. The number of carboxylic acid groups (broad SMARTS) is 3. The van der Waals surface area contributed by atoms with Crippen LogP contribution in [0.25, 0.3) is 0 Å². The van der Waals surface area contributed by atoms with Gasteiger partial charge in [-0.15, -0.1) is 0 Å². The first-order valence-electron chi connectivity index (χ1n) is 26.6. The Kier molecular flexibility index (Phi) is 24.3. The monoisotopic (exact) mass is 1130 g/mol. The molecule has 0 aliphatic carbocycles. The molecule has 78 heavy (non-hydrogen) atoms. The van der Waals surface area contributed by atoms with Gasteiger partial charge in [0.1, 0.15) is 29.2 Å². The number of allylic oxidation sites excluding steroid dienone is 6. The topological polar surface area (TPSA) is 329 Å². The van der Waals surface area contributed by atoms with Gasteiger partial charge in [0.05, 0.1) is 15.2 Å². The van der Waals surface area contributed by atoms with Crippen molar-refractivity contribution in [3.8, 4) is 0 Å². The molecule has 8 N–H and O–H groups in total. The standard InChI is InChI=1S/C55H78N6O15S2/c1-54(2)40-29-27-39(78(74,75)76)37-45(40)61(47(54)24-15-12-14-23-46-55(3,4)41-36-38(77(71,72)73)28-31-44(41)60(46)5)35-21-13-17-26-49(63)56-33-19-11-9-7-6-8-10-16-25-48(62)57-34-20-18-22-42(51(66)67)58-53(70)59-43(52(68)69)30-32-50(64)65/h12,14-15,23-24,27-29,31,36-37,42-43H,6-11,13,16-22,25-26,30,32-35H2,1-5H3,(H8-,56,57,58,59,62,63,64,65,66,67,68,69,70,71,72,73,74,75,76)/t42-,43-/m0/s1. The Bertz CT molecular complexity index is 2840. The zero-order valence-corrected chi connectivity index (χ0v) is 47.0. The van der Waals surface area contributed by atoms with Crippen molar-refractivity contribution in [2.24, 2.45) is 0 Å². The van der Waals surface area contributed by atoms with E-state index in [9.17, 15) is 64.9 Å². The molecule has 2 aromatic carbocycles. The number of fused-ring (bicyclic) bond motifs is 2. The first-order chi connectivity index (χ1) is 36.7. The van der Waals surface area contributed by atoms with Crippen LogP contribution in [0.3, 0.4) is 0 Å². The number of benzene rings is 2. The van der Waals surface area contributed by atoms with Gasteiger partial charge in [0, 0.05) is 73.4 Å². The van der Waals surface area contributed by atoms with Crippen LogP contribution in [0.2, 0.25) is 0 Å². The molecule has 2 aliphatic heterocycles. The van der Waals surface area contributed by atoms with Crippen LogP contribution in [-0.2, 0) is 55.0 Å². The van der Waals surface area contributed by atoms with E-state index in [-0.39, 0.29) is 34.4 Å². The summed E-state index contributed by atoms with van der Waals surface area (Å²) in [7, 11) is -7.20. The molecule has 0 spiro atoms. The molecular formula is C55H78N6O15S2. The number of hydrogen-bond donors (Lipinski definition) is 8. The van der Waals surface area contributed by atoms with Gasteiger partial charge in [-0.05, 0) is 101 Å². The molecule has 0 fully saturated rings. The maximum atomic E-state index is 12.7. The Labute approximate surface area is 458 Å². The normalized spacial score (nSPS) is 16.0. The number of hydrogen-bond acceptors (Lipinski definition) is 12. The fourth-order valence-corrected chi connectivity index (χ4v) is 10.8. The molecule has 0 saturated heterocycles. The van der Waals surface area contributed by atoms with Gasteiger partial charge in [-0.25, -0.2) is 22.8 Å². The number of nitrogens with zero attached hydrogens (tertiary/aromatic N) is 2. The number of carboxylic acids is 3. The maximum Gasteiger partial charge on any atom is 0.326 e. The van der Waals surface area contributed by atoms with Gasteiger partial charge >= 0.3 is 23.9 Å². The molecule has 0 saturated carbocycles. The number of carbonyl (C=O) groups is 6. The van der Waals surface area contributed by atoms with E-state index in [0.717, 1.165) is 86.0 Å². The Morgan fingerprint density at radius 1 is 0.641 bits per heavy atom. The van der Waals surface area contributed by atoms with Crippen LogP contribution >= 0.6 is 0 Å². The molecule has 0 unspecified atom stereocenters. The van der Waals surface area contributed by atoms with E-state index in [1.54, 1.807) is 12.1 Å². The summed E-state index contributed by atoms with van der Waals surface area (Å²) >= 11 is 0. The molecule has 2 heterocycles. The van der Waals surface area contributed by atoms with Crippen molar-refractivity contribution in [1.29, 1.82) is 0 Å². The molecule has 2 aromatic rings. The number of rotatable bonds is 34. The van der Waals surface area contributed by atoms with Crippen LogP contribution in [0.1, 0.15) is 154 Å². The van der Waals surface area contributed by atoms with Crippen molar-refractivity contribution >= 4 is 73.1 Å². The summed E-state index contributed by atoms with van der Waals surface area (Å²) < 4.78 is 71.5. The summed E-state index contributed by atoms with van der Waals surface area (Å²) in [6.45, 7) is 9.52. The second-order valence-corrected chi connectivity index (χ2v) is 23.6. The summed E-state index contributed by atoms with van der Waals surface area (Å²) in [5, 5.41) is 37.5. The van der Waals surface area contributed by atoms with Gasteiger partial charge in [-0.1, -0.05) is 83.1 Å². The van der Waals surface area contributed by atoms with E-state index in [4.69, 9.17) is 5.11 Å². The first kappa shape index (κ1) is 64.1. The third-order valence-corrected chi connectivity index (χ3v) is 15.9. The maximum absolute atomic E-state index is 12.7. The fraction of sp³-hybridized carbons (Fsp3) is 0.545. The van der Waals surface area contributed by atoms with E-state index < -0.39 is 73.5 Å². The van der Waals surface area contributed by atoms with Gasteiger partial charge in [-0.2, -0.15) is 13.0 Å². The molecule has 0 radical (unpaired) electrons. The Morgan fingerprint density at radius 2 is 1.18 bits per heavy atom. The summed E-state index contributed by atoms with van der Waals surface area (Å²) in [5.41, 5.74) is 3.86. The predicted octanol–water partition coefficient (Wildman–Crippen LogP) is 7.18. The SMILES string of the molecule is C[N+]1=C(/C=C/C=C/C=C2/N(CCCCCC(=O)NCCCCCCCCCCC(=O)NCCCC[C@H](NC(=O)N[C@@H](CCC(=O)O)C(=O)O)C(=O)O)c3cc(S(=O)(=O)O)ccc3C2(C)C)C(C)(C)c2cc(S(=O)(=O)[O-])ccc21. The van der Waals surface area contributed by atoms with Crippen LogP contribution in [0.15, 0.2) is 82.3 Å². The quantitative estimate of drug-likeness (QED) is 0.0149. The van der Waals surface area contributed by atoms with E-state index in [2.05, 4.69) is 40.0 Å². The van der Waals surface area contributed by atoms with Crippen molar-refractivity contribution in [3.63, 3.8) is 0 Å². The highest BCUT2D eigenvalue weighted by Gasteiger charge is 2.43. The molecule has 21 nitrogen and oxygen atoms in total. The van der Waals surface area contributed by atoms with E-state index in [1.807, 2.05) is 55.9 Å². The van der Waals surface area contributed by atoms with Crippen LogP contribution in [0.4, 0.5) is 16.2 Å². The highest BCUT2D eigenvalue weighted by molar-refractivity contribution is 7.86. The molecule has 2 aliphatic rings. The lowest BCUT2D eigenvalue weighted by molar-refractivity contribution is -0.401. The van der Waals surface area contributed by atoms with Gasteiger partial charge < -0.3 is 46.0 Å². The van der Waals surface area contributed by atoms with Crippen molar-refractivity contribution in [1.82, 2.24) is 21.3 Å². The summed E-state index contributed by atoms with van der Waals surface area (Å²) in [6, 6.07) is 5.22. The number of unbranched alkanes of at least 4 members (excludes halogenated alkanes) is 10. The third kappa shape index (κ3) is 19.2. The number of nitrogens with one attached hydrogen (secondary N) is 4. The predicted molar refractivity (Wildman–Crippen MR) is 293 cm³/mol. The number of urea groups is 1. The van der Waals surface area contributed by atoms with Crippen LogP contribution in [-0.4, -0.2) is 126 Å². The zero-order valence-electron chi connectivity index (χ0n) is 45.3. The van der Waals surface area contributed by atoms with Gasteiger partial charge in [0.15, 0.2) is 5.71 Å². The average molecular weight is 1130 g/mol. The summed E-state index contributed by atoms with van der Waals surface area (Å²) in [6.07, 6.45) is 20.1. The number of amides is 4. The van der Waals surface area contributed by atoms with E-state index in [0.29, 0.717) is 63.8 Å². The fourth-order valence-electron chi connectivity index (χ4n) is 9.85. The van der Waals surface area contributed by atoms with Gasteiger partial charge in [0.25, 0.3) is 10.1 Å². The van der Waals surface area contributed by atoms with Crippen molar-refractivity contribution in [2.45, 2.75) is 176 Å². The molecule has 0 aromatic heterocycles. The number of aliphatic carboxylic acids is 3. The van der Waals surface area contributed by atoms with Crippen molar-refractivity contribution < 1.29 is 74.6 Å². The molecule has 4 amide bonds. The van der Waals surface area contributed by atoms with Gasteiger partial charge in [-0.3, -0.25) is 18.9 Å². The molecule has 430 valence electrons. The Hall–Kier alpha value is -6.43. The minimum Gasteiger partial charge on any atom is -0.744 e. The second-order valence-electron chi connectivity index (χ2n) is 20.8. The zero-order chi connectivity index (χ0) is 57.8. The van der Waals surface area contributed by atoms with Crippen LogP contribution < -0.4 is 26.2 Å². The molecule has 4 rings (SSSR count). The lowest BCUT2D eigenvalue weighted by Crippen LogP contribution is -2.51. The first-order valence-corrected chi connectivity index (χ1v) is 29.5. The second kappa shape index (κ2) is 29.5. The van der Waals surface area contributed by atoms with E-state index in [1.165, 1.54) is 24.3 Å². The molecular weight excluding hydrogens is 1050 g/mol. The largest absolute Gasteiger partial charge is 0.744 e. The number of carbonyl (C=O) groups excluding carboxylic acids is 3. The van der Waals surface area contributed by atoms with Crippen LogP contribution in [0, 0.1) is 0 Å². The minimum absolute atomic E-state index is 0.00873. The lowest BCUT2D eigenvalue weighted by Gasteiger charge is -2.27. The highest BCUT2D eigenvalue weighted by atomic mass is 32.2.